The maximum Gasteiger partial charge on any atom is 0.416 e. The molecule has 0 radical (unpaired) electrons. The van der Waals surface area contributed by atoms with Crippen molar-refractivity contribution in [3.8, 4) is 11.8 Å². The van der Waals surface area contributed by atoms with Gasteiger partial charge in [-0.2, -0.15) is 26.3 Å². The van der Waals surface area contributed by atoms with Gasteiger partial charge in [-0.1, -0.05) is 24.0 Å². The lowest BCUT2D eigenvalue weighted by atomic mass is 10.0. The molecule has 0 fully saturated rings. The summed E-state index contributed by atoms with van der Waals surface area (Å²) in [5.74, 6) is 3.93. The highest BCUT2D eigenvalue weighted by Gasteiger charge is 2.37. The standard InChI is InChI=1S/C20H13F6NO2/c1-12(28)14-6-4-13(5-7-14)3-2-8-27-18(29)15-9-16(19(21,22)23)11-17(10-15)20(24,25)26/h4-7,9-11H,8H2,1H3,(H,27,29). The Morgan fingerprint density at radius 2 is 1.38 bits per heavy atom. The van der Waals surface area contributed by atoms with Crippen molar-refractivity contribution in [2.75, 3.05) is 6.54 Å². The van der Waals surface area contributed by atoms with E-state index in [-0.39, 0.29) is 18.4 Å². The van der Waals surface area contributed by atoms with Gasteiger partial charge < -0.3 is 5.32 Å². The maximum absolute atomic E-state index is 12.8. The van der Waals surface area contributed by atoms with Crippen LogP contribution in [0.3, 0.4) is 0 Å². The molecule has 0 aromatic heterocycles. The van der Waals surface area contributed by atoms with Gasteiger partial charge in [0.2, 0.25) is 0 Å². The number of amides is 1. The van der Waals surface area contributed by atoms with Gasteiger partial charge in [0.05, 0.1) is 17.7 Å². The number of alkyl halides is 6. The fraction of sp³-hybridized carbons (Fsp3) is 0.200. The fourth-order valence-electron chi connectivity index (χ4n) is 2.25. The highest BCUT2D eigenvalue weighted by Crippen LogP contribution is 2.36. The van der Waals surface area contributed by atoms with E-state index in [4.69, 9.17) is 0 Å². The fourth-order valence-corrected chi connectivity index (χ4v) is 2.25. The third-order valence-corrected chi connectivity index (χ3v) is 3.71. The molecule has 1 N–H and O–H groups in total. The Balaban J connectivity index is 2.14. The van der Waals surface area contributed by atoms with Gasteiger partial charge >= 0.3 is 12.4 Å². The summed E-state index contributed by atoms with van der Waals surface area (Å²) in [5.41, 5.74) is -2.93. The number of nitrogens with one attached hydrogen (secondary N) is 1. The lowest BCUT2D eigenvalue weighted by molar-refractivity contribution is -0.143. The molecule has 2 rings (SSSR count). The predicted octanol–water partition coefficient (Wildman–Crippen LogP) is 4.71. The molecule has 0 unspecified atom stereocenters. The molecule has 3 nitrogen and oxygen atoms in total. The van der Waals surface area contributed by atoms with Crippen molar-refractivity contribution in [2.24, 2.45) is 0 Å². The minimum absolute atomic E-state index is 0.0543. The molecule has 9 heteroatoms. The molecule has 0 spiro atoms. The van der Waals surface area contributed by atoms with Crippen LogP contribution in [0, 0.1) is 11.8 Å². The molecule has 29 heavy (non-hydrogen) atoms. The van der Waals surface area contributed by atoms with Gasteiger partial charge in [-0.25, -0.2) is 0 Å². The van der Waals surface area contributed by atoms with Crippen LogP contribution in [0.5, 0.6) is 0 Å². The highest BCUT2D eigenvalue weighted by molar-refractivity contribution is 5.95. The Morgan fingerprint density at radius 1 is 0.862 bits per heavy atom. The largest absolute Gasteiger partial charge is 0.416 e. The van der Waals surface area contributed by atoms with E-state index in [1.54, 1.807) is 24.3 Å². The van der Waals surface area contributed by atoms with E-state index in [2.05, 4.69) is 17.2 Å². The quantitative estimate of drug-likeness (QED) is 0.450. The molecule has 2 aromatic rings. The molecule has 2 aromatic carbocycles. The number of hydrogen-bond donors (Lipinski definition) is 1. The second-order valence-corrected chi connectivity index (χ2v) is 5.91. The van der Waals surface area contributed by atoms with Crippen LogP contribution in [0.25, 0.3) is 0 Å². The lowest BCUT2D eigenvalue weighted by Crippen LogP contribution is -2.25. The summed E-state index contributed by atoms with van der Waals surface area (Å²) in [6.45, 7) is 1.10. The molecule has 0 aliphatic heterocycles. The molecule has 0 bridgehead atoms. The first-order chi connectivity index (χ1) is 13.4. The van der Waals surface area contributed by atoms with Crippen LogP contribution in [-0.2, 0) is 12.4 Å². The molecule has 152 valence electrons. The van der Waals surface area contributed by atoms with Gasteiger partial charge in [-0.05, 0) is 37.3 Å². The van der Waals surface area contributed by atoms with Crippen molar-refractivity contribution in [3.05, 3.63) is 70.3 Å². The highest BCUT2D eigenvalue weighted by atomic mass is 19.4. The molecule has 0 saturated carbocycles. The van der Waals surface area contributed by atoms with Crippen LogP contribution in [0.4, 0.5) is 26.3 Å². The predicted molar refractivity (Wildman–Crippen MR) is 92.1 cm³/mol. The molecule has 1 amide bonds. The Bertz CT molecular complexity index is 947. The second kappa shape index (κ2) is 8.39. The number of carbonyl (C=O) groups excluding carboxylic acids is 2. The first kappa shape index (κ1) is 22.0. The average molecular weight is 413 g/mol. The number of carbonyl (C=O) groups is 2. The average Bonchev–Trinajstić information content (AvgIpc) is 2.63. The van der Waals surface area contributed by atoms with Crippen LogP contribution in [0.15, 0.2) is 42.5 Å². The zero-order chi connectivity index (χ0) is 21.8. The first-order valence-electron chi connectivity index (χ1n) is 8.05. The zero-order valence-electron chi connectivity index (χ0n) is 14.8. The van der Waals surface area contributed by atoms with E-state index in [1.807, 2.05) is 0 Å². The second-order valence-electron chi connectivity index (χ2n) is 5.91. The summed E-state index contributed by atoms with van der Waals surface area (Å²) in [6.07, 6.45) is -10.1. The minimum atomic E-state index is -5.04. The molecule has 0 atom stereocenters. The number of rotatable bonds is 3. The topological polar surface area (TPSA) is 46.2 Å². The van der Waals surface area contributed by atoms with E-state index >= 15 is 0 Å². The molecular weight excluding hydrogens is 400 g/mol. The van der Waals surface area contributed by atoms with Crippen LogP contribution >= 0.6 is 0 Å². The molecular formula is C20H13F6NO2. The van der Waals surface area contributed by atoms with Crippen LogP contribution in [0.1, 0.15) is 44.3 Å². The third-order valence-electron chi connectivity index (χ3n) is 3.71. The van der Waals surface area contributed by atoms with Crippen LogP contribution in [0.2, 0.25) is 0 Å². The summed E-state index contributed by atoms with van der Waals surface area (Å²) >= 11 is 0. The molecule has 0 saturated heterocycles. The van der Waals surface area contributed by atoms with Crippen molar-refractivity contribution >= 4 is 11.7 Å². The number of Topliss-reactive ketones (excluding diaryl/α,β-unsaturated/α-hetero) is 1. The first-order valence-corrected chi connectivity index (χ1v) is 8.05. The van der Waals surface area contributed by atoms with Gasteiger partial charge in [0.25, 0.3) is 5.91 Å². The van der Waals surface area contributed by atoms with Gasteiger partial charge in [-0.15, -0.1) is 0 Å². The van der Waals surface area contributed by atoms with Gasteiger partial charge in [0.15, 0.2) is 5.78 Å². The van der Waals surface area contributed by atoms with Crippen LogP contribution in [-0.4, -0.2) is 18.2 Å². The SMILES string of the molecule is CC(=O)c1ccc(C#CCNC(=O)c2cc(C(F)(F)F)cc(C(F)(F)F)c2)cc1. The lowest BCUT2D eigenvalue weighted by Gasteiger charge is -2.13. The zero-order valence-corrected chi connectivity index (χ0v) is 14.8. The smallest absolute Gasteiger partial charge is 0.341 e. The van der Waals surface area contributed by atoms with E-state index < -0.39 is 35.0 Å². The molecule has 0 aliphatic carbocycles. The summed E-state index contributed by atoms with van der Waals surface area (Å²) in [4.78, 5) is 23.2. The molecule has 0 aliphatic rings. The van der Waals surface area contributed by atoms with Crippen molar-refractivity contribution in [2.45, 2.75) is 19.3 Å². The van der Waals surface area contributed by atoms with E-state index in [1.165, 1.54) is 6.92 Å². The number of hydrogen-bond acceptors (Lipinski definition) is 2. The Morgan fingerprint density at radius 3 is 1.83 bits per heavy atom. The Hall–Kier alpha value is -3.28. The van der Waals surface area contributed by atoms with Crippen molar-refractivity contribution in [1.29, 1.82) is 0 Å². The number of halogens is 6. The Labute approximate surface area is 161 Å². The number of ketones is 1. The molecule has 0 heterocycles. The summed E-state index contributed by atoms with van der Waals surface area (Å²) in [7, 11) is 0. The number of benzene rings is 2. The third kappa shape index (κ3) is 6.10. The van der Waals surface area contributed by atoms with Gasteiger partial charge in [0.1, 0.15) is 0 Å². The minimum Gasteiger partial charge on any atom is -0.341 e. The Kier molecular flexibility index (Phi) is 6.37. The van der Waals surface area contributed by atoms with Crippen molar-refractivity contribution in [3.63, 3.8) is 0 Å². The van der Waals surface area contributed by atoms with Crippen molar-refractivity contribution < 1.29 is 35.9 Å². The van der Waals surface area contributed by atoms with Crippen molar-refractivity contribution in [1.82, 2.24) is 5.32 Å². The van der Waals surface area contributed by atoms with Gasteiger partial charge in [0, 0.05) is 16.7 Å². The summed E-state index contributed by atoms with van der Waals surface area (Å²) in [5, 5.41) is 2.15. The maximum atomic E-state index is 12.8. The summed E-state index contributed by atoms with van der Waals surface area (Å²) in [6, 6.07) is 6.86. The van der Waals surface area contributed by atoms with E-state index in [9.17, 15) is 35.9 Å². The van der Waals surface area contributed by atoms with Gasteiger partial charge in [-0.3, -0.25) is 9.59 Å². The van der Waals surface area contributed by atoms with E-state index in [0.29, 0.717) is 23.3 Å². The monoisotopic (exact) mass is 413 g/mol. The summed E-state index contributed by atoms with van der Waals surface area (Å²) < 4.78 is 77.0. The normalized spacial score (nSPS) is 11.4. The van der Waals surface area contributed by atoms with E-state index in [0.717, 1.165) is 0 Å². The van der Waals surface area contributed by atoms with Crippen LogP contribution < -0.4 is 5.32 Å².